The van der Waals surface area contributed by atoms with Crippen molar-refractivity contribution in [2.45, 2.75) is 0 Å². The van der Waals surface area contributed by atoms with Gasteiger partial charge in [-0.2, -0.15) is 0 Å². The molecule has 1 heterocycles. The summed E-state index contributed by atoms with van der Waals surface area (Å²) in [5.41, 5.74) is 5.46. The van der Waals surface area contributed by atoms with Crippen molar-refractivity contribution >= 4 is 11.4 Å². The molecule has 0 unspecified atom stereocenters. The Bertz CT molecular complexity index is 294. The summed E-state index contributed by atoms with van der Waals surface area (Å²) in [4.78, 5) is 0. The molecule has 0 fully saturated rings. The monoisotopic (exact) mass is 175 g/mol. The molecular formula is C10H13N3. The van der Waals surface area contributed by atoms with E-state index in [0.717, 1.165) is 12.2 Å². The Labute approximate surface area is 78.0 Å². The summed E-state index contributed by atoms with van der Waals surface area (Å²) >= 11 is 0. The predicted octanol–water partition coefficient (Wildman–Crippen LogP) is 1.57. The van der Waals surface area contributed by atoms with Crippen LogP contribution in [0.4, 0.5) is 11.4 Å². The highest BCUT2D eigenvalue weighted by molar-refractivity contribution is 5.55. The average Bonchev–Trinajstić information content (AvgIpc) is 2.71. The number of anilines is 2. The lowest BCUT2D eigenvalue weighted by atomic mass is 10.3. The van der Waals surface area contributed by atoms with E-state index in [1.54, 1.807) is 0 Å². The molecule has 3 nitrogen and oxygen atoms in total. The molecule has 0 amide bonds. The van der Waals surface area contributed by atoms with Crippen LogP contribution >= 0.6 is 0 Å². The topological polar surface area (TPSA) is 27.3 Å². The number of benzene rings is 1. The van der Waals surface area contributed by atoms with E-state index in [1.807, 2.05) is 13.2 Å². The second kappa shape index (κ2) is 3.39. The summed E-state index contributed by atoms with van der Waals surface area (Å²) < 4.78 is 0. The fourth-order valence-corrected chi connectivity index (χ4v) is 1.34. The van der Waals surface area contributed by atoms with Gasteiger partial charge < -0.3 is 10.7 Å². The van der Waals surface area contributed by atoms with Gasteiger partial charge in [0, 0.05) is 18.9 Å². The summed E-state index contributed by atoms with van der Waals surface area (Å²) in [6, 6.07) is 8.31. The zero-order valence-corrected chi connectivity index (χ0v) is 7.62. The molecule has 0 aliphatic carbocycles. The molecule has 2 rings (SSSR count). The van der Waals surface area contributed by atoms with Crippen LogP contribution in [0.15, 0.2) is 36.5 Å². The molecule has 2 N–H and O–H groups in total. The van der Waals surface area contributed by atoms with E-state index < -0.39 is 0 Å². The van der Waals surface area contributed by atoms with Crippen molar-refractivity contribution in [2.24, 2.45) is 0 Å². The van der Waals surface area contributed by atoms with E-state index in [-0.39, 0.29) is 0 Å². The van der Waals surface area contributed by atoms with Gasteiger partial charge in [0.2, 0.25) is 0 Å². The number of nitrogens with one attached hydrogen (secondary N) is 2. The minimum absolute atomic E-state index is 0.929. The summed E-state index contributed by atoms with van der Waals surface area (Å²) in [6.07, 6.45) is 4.04. The average molecular weight is 175 g/mol. The number of hydrogen-bond donors (Lipinski definition) is 2. The molecule has 0 aromatic heterocycles. The maximum Gasteiger partial charge on any atom is 0.0592 e. The highest BCUT2D eigenvalue weighted by atomic mass is 15.5. The van der Waals surface area contributed by atoms with Crippen molar-refractivity contribution < 1.29 is 0 Å². The van der Waals surface area contributed by atoms with Crippen molar-refractivity contribution in [2.75, 3.05) is 23.9 Å². The van der Waals surface area contributed by atoms with Crippen LogP contribution in [0.25, 0.3) is 0 Å². The maximum absolute atomic E-state index is 3.14. The SMILES string of the molecule is CNc1ccc(N2CC=CN2)cc1. The van der Waals surface area contributed by atoms with Gasteiger partial charge in [0.25, 0.3) is 0 Å². The van der Waals surface area contributed by atoms with Crippen molar-refractivity contribution in [3.8, 4) is 0 Å². The molecule has 1 aromatic rings. The quantitative estimate of drug-likeness (QED) is 0.714. The summed E-state index contributed by atoms with van der Waals surface area (Å²) in [5.74, 6) is 0. The van der Waals surface area contributed by atoms with E-state index in [2.05, 4.69) is 46.1 Å². The molecule has 0 spiro atoms. The van der Waals surface area contributed by atoms with Gasteiger partial charge in [-0.3, -0.25) is 5.01 Å². The van der Waals surface area contributed by atoms with Gasteiger partial charge in [-0.05, 0) is 30.3 Å². The van der Waals surface area contributed by atoms with Gasteiger partial charge >= 0.3 is 0 Å². The van der Waals surface area contributed by atoms with Crippen LogP contribution < -0.4 is 15.8 Å². The first-order valence-electron chi connectivity index (χ1n) is 4.37. The van der Waals surface area contributed by atoms with Gasteiger partial charge in [0.1, 0.15) is 0 Å². The van der Waals surface area contributed by atoms with Gasteiger partial charge in [-0.15, -0.1) is 0 Å². The molecule has 0 bridgehead atoms. The molecular weight excluding hydrogens is 162 g/mol. The van der Waals surface area contributed by atoms with Crippen LogP contribution in [-0.4, -0.2) is 13.6 Å². The number of hydrogen-bond acceptors (Lipinski definition) is 3. The lowest BCUT2D eigenvalue weighted by Gasteiger charge is -2.18. The highest BCUT2D eigenvalue weighted by Crippen LogP contribution is 2.17. The Morgan fingerprint density at radius 1 is 1.31 bits per heavy atom. The zero-order valence-electron chi connectivity index (χ0n) is 7.62. The molecule has 1 aliphatic heterocycles. The molecule has 1 aliphatic rings. The number of rotatable bonds is 2. The summed E-state index contributed by atoms with van der Waals surface area (Å²) in [6.45, 7) is 0.929. The van der Waals surface area contributed by atoms with Gasteiger partial charge in [0.15, 0.2) is 0 Å². The molecule has 0 saturated heterocycles. The minimum Gasteiger partial charge on any atom is -0.388 e. The first kappa shape index (κ1) is 7.98. The predicted molar refractivity (Wildman–Crippen MR) is 55.6 cm³/mol. The van der Waals surface area contributed by atoms with Crippen LogP contribution in [0.1, 0.15) is 0 Å². The Balaban J connectivity index is 2.13. The van der Waals surface area contributed by atoms with Crippen molar-refractivity contribution in [3.05, 3.63) is 36.5 Å². The third-order valence-corrected chi connectivity index (χ3v) is 2.10. The Hall–Kier alpha value is -1.64. The molecule has 68 valence electrons. The van der Waals surface area contributed by atoms with E-state index >= 15 is 0 Å². The third-order valence-electron chi connectivity index (χ3n) is 2.10. The highest BCUT2D eigenvalue weighted by Gasteiger charge is 2.05. The smallest absolute Gasteiger partial charge is 0.0592 e. The lowest BCUT2D eigenvalue weighted by Crippen LogP contribution is -2.29. The molecule has 0 saturated carbocycles. The maximum atomic E-state index is 3.14. The minimum atomic E-state index is 0.929. The Morgan fingerprint density at radius 3 is 2.62 bits per heavy atom. The largest absolute Gasteiger partial charge is 0.388 e. The number of hydrazine groups is 1. The normalized spacial score (nSPS) is 14.4. The molecule has 3 heteroatoms. The van der Waals surface area contributed by atoms with Crippen LogP contribution in [0.5, 0.6) is 0 Å². The van der Waals surface area contributed by atoms with E-state index in [0.29, 0.717) is 0 Å². The number of nitrogens with zero attached hydrogens (tertiary/aromatic N) is 1. The second-order valence-corrected chi connectivity index (χ2v) is 2.94. The van der Waals surface area contributed by atoms with E-state index in [9.17, 15) is 0 Å². The third kappa shape index (κ3) is 1.59. The second-order valence-electron chi connectivity index (χ2n) is 2.94. The molecule has 0 radical (unpaired) electrons. The van der Waals surface area contributed by atoms with Crippen molar-refractivity contribution in [3.63, 3.8) is 0 Å². The zero-order chi connectivity index (χ0) is 9.10. The van der Waals surface area contributed by atoms with Crippen LogP contribution in [0, 0.1) is 0 Å². The molecule has 1 aromatic carbocycles. The Morgan fingerprint density at radius 2 is 2.08 bits per heavy atom. The van der Waals surface area contributed by atoms with Crippen LogP contribution in [0.3, 0.4) is 0 Å². The Kier molecular flexibility index (Phi) is 2.08. The fourth-order valence-electron chi connectivity index (χ4n) is 1.34. The van der Waals surface area contributed by atoms with Gasteiger partial charge in [-0.25, -0.2) is 0 Å². The molecule has 13 heavy (non-hydrogen) atoms. The van der Waals surface area contributed by atoms with Gasteiger partial charge in [0.05, 0.1) is 12.2 Å². The van der Waals surface area contributed by atoms with Crippen molar-refractivity contribution in [1.29, 1.82) is 0 Å². The van der Waals surface area contributed by atoms with Crippen molar-refractivity contribution in [1.82, 2.24) is 5.43 Å². The fraction of sp³-hybridized carbons (Fsp3) is 0.200. The molecule has 0 atom stereocenters. The van der Waals surface area contributed by atoms with E-state index in [4.69, 9.17) is 0 Å². The standard InChI is InChI=1S/C10H13N3/c1-11-9-3-5-10(6-4-9)13-8-2-7-12-13/h2-7,11-12H,8H2,1H3. The van der Waals surface area contributed by atoms with Gasteiger partial charge in [-0.1, -0.05) is 0 Å². The summed E-state index contributed by atoms with van der Waals surface area (Å²) in [7, 11) is 1.92. The summed E-state index contributed by atoms with van der Waals surface area (Å²) in [5, 5.41) is 5.17. The van der Waals surface area contributed by atoms with E-state index in [1.165, 1.54) is 5.69 Å². The lowest BCUT2D eigenvalue weighted by molar-refractivity contribution is 0.840. The van der Waals surface area contributed by atoms with Crippen LogP contribution in [0.2, 0.25) is 0 Å². The first-order valence-corrected chi connectivity index (χ1v) is 4.37. The van der Waals surface area contributed by atoms with Crippen LogP contribution in [-0.2, 0) is 0 Å². The first-order chi connectivity index (χ1) is 6.40.